The standard InChI is InChI=1S/C19H19ClN2O2/c20-16-7-3-4-8-17(16)22-19(24)14-11-9-13(10-12-14)18(23)21-15-5-1-2-6-15/h3-4,7-12,15H,1-2,5-6H2,(H,21,23)(H,22,24). The summed E-state index contributed by atoms with van der Waals surface area (Å²) in [6.07, 6.45) is 4.44. The largest absolute Gasteiger partial charge is 0.349 e. The Morgan fingerprint density at radius 2 is 1.46 bits per heavy atom. The summed E-state index contributed by atoms with van der Waals surface area (Å²) in [5, 5.41) is 6.28. The van der Waals surface area contributed by atoms with Crippen molar-refractivity contribution in [2.45, 2.75) is 31.7 Å². The normalized spacial score (nSPS) is 14.4. The van der Waals surface area contributed by atoms with Crippen LogP contribution in [0.25, 0.3) is 0 Å². The molecule has 0 aromatic heterocycles. The summed E-state index contributed by atoms with van der Waals surface area (Å²) >= 11 is 6.04. The fraction of sp³-hybridized carbons (Fsp3) is 0.263. The number of carbonyl (C=O) groups excluding carboxylic acids is 2. The minimum Gasteiger partial charge on any atom is -0.349 e. The van der Waals surface area contributed by atoms with Crippen LogP contribution in [-0.2, 0) is 0 Å². The number of para-hydroxylation sites is 1. The Balaban J connectivity index is 1.64. The van der Waals surface area contributed by atoms with Gasteiger partial charge in [0, 0.05) is 17.2 Å². The van der Waals surface area contributed by atoms with Crippen molar-refractivity contribution in [1.29, 1.82) is 0 Å². The third-order valence-electron chi connectivity index (χ3n) is 4.22. The van der Waals surface area contributed by atoms with E-state index in [9.17, 15) is 9.59 Å². The van der Waals surface area contributed by atoms with Gasteiger partial charge in [0.2, 0.25) is 0 Å². The second-order valence-electron chi connectivity index (χ2n) is 5.97. The minimum absolute atomic E-state index is 0.0834. The van der Waals surface area contributed by atoms with Crippen LogP contribution in [0.1, 0.15) is 46.4 Å². The van der Waals surface area contributed by atoms with E-state index in [4.69, 9.17) is 11.6 Å². The molecule has 1 aliphatic carbocycles. The van der Waals surface area contributed by atoms with E-state index in [1.54, 1.807) is 48.5 Å². The van der Waals surface area contributed by atoms with Crippen molar-refractivity contribution in [3.8, 4) is 0 Å². The molecular formula is C19H19ClN2O2. The van der Waals surface area contributed by atoms with Crippen LogP contribution in [0.2, 0.25) is 5.02 Å². The first-order valence-corrected chi connectivity index (χ1v) is 8.48. The smallest absolute Gasteiger partial charge is 0.255 e. The summed E-state index contributed by atoms with van der Waals surface area (Å²) in [6, 6.07) is 14.0. The van der Waals surface area contributed by atoms with E-state index >= 15 is 0 Å². The third kappa shape index (κ3) is 3.95. The number of hydrogen-bond donors (Lipinski definition) is 2. The summed E-state index contributed by atoms with van der Waals surface area (Å²) < 4.78 is 0. The number of carbonyl (C=O) groups is 2. The van der Waals surface area contributed by atoms with Gasteiger partial charge < -0.3 is 10.6 Å². The Labute approximate surface area is 146 Å². The third-order valence-corrected chi connectivity index (χ3v) is 4.55. The summed E-state index contributed by atoms with van der Waals surface area (Å²) in [6.45, 7) is 0. The van der Waals surface area contributed by atoms with Crippen LogP contribution >= 0.6 is 11.6 Å². The monoisotopic (exact) mass is 342 g/mol. The molecule has 0 bridgehead atoms. The molecule has 1 aliphatic rings. The maximum atomic E-state index is 12.3. The van der Waals surface area contributed by atoms with Crippen molar-refractivity contribution in [2.24, 2.45) is 0 Å². The van der Waals surface area contributed by atoms with Crippen LogP contribution in [0.15, 0.2) is 48.5 Å². The predicted molar refractivity (Wildman–Crippen MR) is 95.6 cm³/mol. The molecule has 2 N–H and O–H groups in total. The summed E-state index contributed by atoms with van der Waals surface area (Å²) in [5.74, 6) is -0.342. The van der Waals surface area contributed by atoms with Crippen LogP contribution in [0.4, 0.5) is 5.69 Å². The molecular weight excluding hydrogens is 324 g/mol. The lowest BCUT2D eigenvalue weighted by atomic mass is 10.1. The fourth-order valence-electron chi connectivity index (χ4n) is 2.87. The Hall–Kier alpha value is -2.33. The van der Waals surface area contributed by atoms with Gasteiger partial charge >= 0.3 is 0 Å². The molecule has 2 aromatic carbocycles. The summed E-state index contributed by atoms with van der Waals surface area (Å²) in [4.78, 5) is 24.4. The highest BCUT2D eigenvalue weighted by molar-refractivity contribution is 6.33. The van der Waals surface area contributed by atoms with Crippen molar-refractivity contribution in [1.82, 2.24) is 5.32 Å². The van der Waals surface area contributed by atoms with E-state index in [1.807, 2.05) is 0 Å². The molecule has 0 heterocycles. The number of hydrogen-bond acceptors (Lipinski definition) is 2. The lowest BCUT2D eigenvalue weighted by molar-refractivity contribution is 0.0936. The zero-order chi connectivity index (χ0) is 16.9. The first-order valence-electron chi connectivity index (χ1n) is 8.10. The van der Waals surface area contributed by atoms with Gasteiger partial charge in [-0.1, -0.05) is 36.6 Å². The van der Waals surface area contributed by atoms with E-state index in [0.717, 1.165) is 12.8 Å². The first-order chi connectivity index (χ1) is 11.6. The van der Waals surface area contributed by atoms with Crippen LogP contribution in [0.3, 0.4) is 0 Å². The number of benzene rings is 2. The Kier molecular flexibility index (Phi) is 5.16. The van der Waals surface area contributed by atoms with Gasteiger partial charge in [0.1, 0.15) is 0 Å². The lowest BCUT2D eigenvalue weighted by Gasteiger charge is -2.12. The summed E-state index contributed by atoms with van der Waals surface area (Å²) in [7, 11) is 0. The molecule has 0 spiro atoms. The molecule has 0 unspecified atom stereocenters. The number of amides is 2. The Morgan fingerprint density at radius 3 is 2.08 bits per heavy atom. The zero-order valence-electron chi connectivity index (χ0n) is 13.2. The van der Waals surface area contributed by atoms with E-state index in [0.29, 0.717) is 21.8 Å². The van der Waals surface area contributed by atoms with Gasteiger partial charge in [-0.3, -0.25) is 9.59 Å². The minimum atomic E-state index is -0.258. The van der Waals surface area contributed by atoms with Crippen molar-refractivity contribution < 1.29 is 9.59 Å². The van der Waals surface area contributed by atoms with Crippen LogP contribution in [-0.4, -0.2) is 17.9 Å². The number of rotatable bonds is 4. The summed E-state index contributed by atoms with van der Waals surface area (Å²) in [5.41, 5.74) is 1.61. The van der Waals surface area contributed by atoms with Gasteiger partial charge in [0.15, 0.2) is 0 Å². The Morgan fingerprint density at radius 1 is 0.875 bits per heavy atom. The molecule has 0 aliphatic heterocycles. The van der Waals surface area contributed by atoms with Crippen LogP contribution in [0.5, 0.6) is 0 Å². The van der Waals surface area contributed by atoms with Gasteiger partial charge in [-0.2, -0.15) is 0 Å². The van der Waals surface area contributed by atoms with Crippen molar-refractivity contribution in [3.05, 3.63) is 64.7 Å². The van der Waals surface area contributed by atoms with Gasteiger partial charge in [-0.15, -0.1) is 0 Å². The maximum Gasteiger partial charge on any atom is 0.255 e. The van der Waals surface area contributed by atoms with E-state index < -0.39 is 0 Å². The number of nitrogens with one attached hydrogen (secondary N) is 2. The average molecular weight is 343 g/mol. The molecule has 0 radical (unpaired) electrons. The topological polar surface area (TPSA) is 58.2 Å². The van der Waals surface area contributed by atoms with Gasteiger partial charge in [-0.05, 0) is 49.2 Å². The van der Waals surface area contributed by atoms with Gasteiger partial charge in [-0.25, -0.2) is 0 Å². The maximum absolute atomic E-state index is 12.3. The zero-order valence-corrected chi connectivity index (χ0v) is 14.0. The molecule has 0 atom stereocenters. The lowest BCUT2D eigenvalue weighted by Crippen LogP contribution is -2.32. The molecule has 1 saturated carbocycles. The average Bonchev–Trinajstić information content (AvgIpc) is 3.10. The second-order valence-corrected chi connectivity index (χ2v) is 6.37. The SMILES string of the molecule is O=C(Nc1ccccc1Cl)c1ccc(C(=O)NC2CCCC2)cc1. The molecule has 1 fully saturated rings. The van der Waals surface area contributed by atoms with Gasteiger partial charge in [0.25, 0.3) is 11.8 Å². The van der Waals surface area contributed by atoms with Crippen molar-refractivity contribution in [2.75, 3.05) is 5.32 Å². The molecule has 124 valence electrons. The van der Waals surface area contributed by atoms with Crippen molar-refractivity contribution >= 4 is 29.1 Å². The number of anilines is 1. The molecule has 24 heavy (non-hydrogen) atoms. The number of halogens is 1. The van der Waals surface area contributed by atoms with E-state index in [2.05, 4.69) is 10.6 Å². The molecule has 0 saturated heterocycles. The molecule has 4 nitrogen and oxygen atoms in total. The molecule has 3 rings (SSSR count). The van der Waals surface area contributed by atoms with Crippen LogP contribution < -0.4 is 10.6 Å². The van der Waals surface area contributed by atoms with Gasteiger partial charge in [0.05, 0.1) is 10.7 Å². The Bertz CT molecular complexity index is 737. The quantitative estimate of drug-likeness (QED) is 0.872. The first kappa shape index (κ1) is 16.5. The highest BCUT2D eigenvalue weighted by Crippen LogP contribution is 2.21. The molecule has 2 aromatic rings. The highest BCUT2D eigenvalue weighted by atomic mass is 35.5. The van der Waals surface area contributed by atoms with E-state index in [1.165, 1.54) is 12.8 Å². The molecule has 5 heteroatoms. The van der Waals surface area contributed by atoms with Crippen LogP contribution in [0, 0.1) is 0 Å². The molecule has 2 amide bonds. The fourth-order valence-corrected chi connectivity index (χ4v) is 3.05. The van der Waals surface area contributed by atoms with E-state index in [-0.39, 0.29) is 17.9 Å². The predicted octanol–water partition coefficient (Wildman–Crippen LogP) is 4.26. The second kappa shape index (κ2) is 7.49. The highest BCUT2D eigenvalue weighted by Gasteiger charge is 2.18. The van der Waals surface area contributed by atoms with Crippen molar-refractivity contribution in [3.63, 3.8) is 0 Å².